The molecule has 0 radical (unpaired) electrons. The summed E-state index contributed by atoms with van der Waals surface area (Å²) in [6.45, 7) is 7.17. The van der Waals surface area contributed by atoms with Gasteiger partial charge in [0.15, 0.2) is 0 Å². The van der Waals surface area contributed by atoms with E-state index in [0.29, 0.717) is 25.9 Å². The molecule has 4 rings (SSSR count). The van der Waals surface area contributed by atoms with Crippen molar-refractivity contribution in [2.45, 2.75) is 31.7 Å². The molecule has 0 aliphatic carbocycles. The number of para-hydroxylation sites is 1. The molecule has 0 saturated carbocycles. The molecular weight excluding hydrogens is 368 g/mol. The van der Waals surface area contributed by atoms with Crippen molar-refractivity contribution >= 4 is 22.7 Å². The topological polar surface area (TPSA) is 77.7 Å². The number of fused-ring (bicyclic) bond motifs is 1. The summed E-state index contributed by atoms with van der Waals surface area (Å²) >= 11 is 0. The number of H-pyrrole nitrogens is 1. The Morgan fingerprint density at radius 1 is 1.24 bits per heavy atom. The van der Waals surface area contributed by atoms with Gasteiger partial charge in [-0.2, -0.15) is 0 Å². The number of rotatable bonds is 7. The summed E-state index contributed by atoms with van der Waals surface area (Å²) in [6, 6.07) is 8.16. The number of hydrogen-bond acceptors (Lipinski definition) is 4. The molecule has 1 atom stereocenters. The lowest BCUT2D eigenvalue weighted by Crippen LogP contribution is -2.56. The number of carbonyl (C=O) groups is 2. The summed E-state index contributed by atoms with van der Waals surface area (Å²) in [5.74, 6) is 0.0196. The van der Waals surface area contributed by atoms with E-state index in [4.69, 9.17) is 4.74 Å². The maximum atomic E-state index is 13.0. The molecule has 7 heteroatoms. The molecule has 0 bridgehead atoms. The van der Waals surface area contributed by atoms with E-state index >= 15 is 0 Å². The van der Waals surface area contributed by atoms with Crippen LogP contribution in [0.3, 0.4) is 0 Å². The summed E-state index contributed by atoms with van der Waals surface area (Å²) in [6.07, 6.45) is 3.74. The fraction of sp³-hybridized carbons (Fsp3) is 0.545. The summed E-state index contributed by atoms with van der Waals surface area (Å²) in [5.41, 5.74) is 1.50. The van der Waals surface area contributed by atoms with E-state index in [2.05, 4.69) is 21.3 Å². The van der Waals surface area contributed by atoms with Crippen LogP contribution in [0, 0.1) is 0 Å². The first-order valence-corrected chi connectivity index (χ1v) is 10.5. The Hall–Kier alpha value is -2.38. The quantitative estimate of drug-likeness (QED) is 0.742. The van der Waals surface area contributed by atoms with Crippen molar-refractivity contribution in [3.05, 3.63) is 36.0 Å². The molecule has 1 aromatic heterocycles. The predicted octanol–water partition coefficient (Wildman–Crippen LogP) is 1.54. The average molecular weight is 399 g/mol. The number of amides is 2. The zero-order chi connectivity index (χ0) is 20.3. The maximum Gasteiger partial charge on any atom is 0.245 e. The van der Waals surface area contributed by atoms with Gasteiger partial charge in [0.1, 0.15) is 5.54 Å². The van der Waals surface area contributed by atoms with Crippen molar-refractivity contribution < 1.29 is 14.3 Å². The molecular formula is C22H30N4O3. The molecule has 156 valence electrons. The van der Waals surface area contributed by atoms with Gasteiger partial charge in [-0.05, 0) is 31.4 Å². The lowest BCUT2D eigenvalue weighted by atomic mass is 9.97. The molecule has 3 heterocycles. The van der Waals surface area contributed by atoms with Gasteiger partial charge in [0, 0.05) is 56.2 Å². The first-order chi connectivity index (χ1) is 14.1. The normalized spacial score (nSPS) is 23.1. The smallest absolute Gasteiger partial charge is 0.245 e. The molecule has 1 aromatic carbocycles. The third-order valence-corrected chi connectivity index (χ3v) is 6.31. The molecule has 2 aliphatic rings. The first-order valence-electron chi connectivity index (χ1n) is 10.5. The van der Waals surface area contributed by atoms with Gasteiger partial charge in [0.2, 0.25) is 11.8 Å². The lowest BCUT2D eigenvalue weighted by molar-refractivity contribution is -0.140. The molecule has 2 amide bonds. The highest BCUT2D eigenvalue weighted by molar-refractivity contribution is 5.94. The minimum atomic E-state index is -0.770. The second-order valence-electron chi connectivity index (χ2n) is 8.14. The fourth-order valence-electron chi connectivity index (χ4n) is 4.42. The van der Waals surface area contributed by atoms with Crippen LogP contribution in [0.4, 0.5) is 0 Å². The number of ether oxygens (including phenoxy) is 1. The van der Waals surface area contributed by atoms with E-state index in [1.807, 2.05) is 31.3 Å². The predicted molar refractivity (Wildman–Crippen MR) is 112 cm³/mol. The van der Waals surface area contributed by atoms with Crippen molar-refractivity contribution in [2.24, 2.45) is 0 Å². The Kier molecular flexibility index (Phi) is 5.87. The van der Waals surface area contributed by atoms with Crippen molar-refractivity contribution in [1.82, 2.24) is 20.1 Å². The molecule has 0 spiro atoms. The van der Waals surface area contributed by atoms with Crippen LogP contribution >= 0.6 is 0 Å². The van der Waals surface area contributed by atoms with Crippen LogP contribution in [0.1, 0.15) is 25.3 Å². The second kappa shape index (κ2) is 8.55. The highest BCUT2D eigenvalue weighted by atomic mass is 16.5. The molecule has 2 aliphatic heterocycles. The largest absolute Gasteiger partial charge is 0.379 e. The van der Waals surface area contributed by atoms with E-state index in [-0.39, 0.29) is 11.8 Å². The Morgan fingerprint density at radius 3 is 2.86 bits per heavy atom. The molecule has 2 saturated heterocycles. The van der Waals surface area contributed by atoms with Gasteiger partial charge in [0.05, 0.1) is 13.2 Å². The van der Waals surface area contributed by atoms with E-state index in [0.717, 1.165) is 44.8 Å². The Labute approximate surface area is 171 Å². The van der Waals surface area contributed by atoms with Gasteiger partial charge in [0.25, 0.3) is 0 Å². The molecule has 2 fully saturated rings. The number of carbonyl (C=O) groups excluding carboxylic acids is 2. The molecule has 7 nitrogen and oxygen atoms in total. The van der Waals surface area contributed by atoms with E-state index in [9.17, 15) is 9.59 Å². The van der Waals surface area contributed by atoms with Crippen molar-refractivity contribution in [3.8, 4) is 0 Å². The summed E-state index contributed by atoms with van der Waals surface area (Å²) in [5, 5.41) is 4.24. The third kappa shape index (κ3) is 4.16. The number of aromatic amines is 1. The number of morpholine rings is 1. The number of hydrogen-bond donors (Lipinski definition) is 2. The lowest BCUT2D eigenvalue weighted by Gasteiger charge is -2.34. The zero-order valence-electron chi connectivity index (χ0n) is 17.1. The van der Waals surface area contributed by atoms with Crippen LogP contribution in [-0.4, -0.2) is 78.1 Å². The van der Waals surface area contributed by atoms with Crippen LogP contribution in [0.2, 0.25) is 0 Å². The fourth-order valence-corrected chi connectivity index (χ4v) is 4.42. The molecule has 2 aromatic rings. The van der Waals surface area contributed by atoms with Gasteiger partial charge in [-0.15, -0.1) is 0 Å². The van der Waals surface area contributed by atoms with E-state index in [1.54, 1.807) is 4.90 Å². The number of likely N-dealkylation sites (tertiary alicyclic amines) is 1. The van der Waals surface area contributed by atoms with Crippen molar-refractivity contribution in [2.75, 3.05) is 45.9 Å². The second-order valence-corrected chi connectivity index (χ2v) is 8.14. The molecule has 0 unspecified atom stereocenters. The van der Waals surface area contributed by atoms with Crippen LogP contribution < -0.4 is 5.32 Å². The Balaban J connectivity index is 1.36. The highest BCUT2D eigenvalue weighted by Crippen LogP contribution is 2.31. The Bertz CT molecular complexity index is 874. The SMILES string of the molecule is C[C@@]1(C(=O)NCCN2CCOCC2)CCC(=O)N1CCc1c[nH]c2ccccc12. The minimum Gasteiger partial charge on any atom is -0.379 e. The van der Waals surface area contributed by atoms with Gasteiger partial charge >= 0.3 is 0 Å². The van der Waals surface area contributed by atoms with Crippen LogP contribution in [0.15, 0.2) is 30.5 Å². The number of aromatic nitrogens is 1. The highest BCUT2D eigenvalue weighted by Gasteiger charge is 2.46. The zero-order valence-corrected chi connectivity index (χ0v) is 17.1. The molecule has 2 N–H and O–H groups in total. The van der Waals surface area contributed by atoms with Crippen molar-refractivity contribution in [3.63, 3.8) is 0 Å². The maximum absolute atomic E-state index is 13.0. The van der Waals surface area contributed by atoms with Gasteiger partial charge in [-0.25, -0.2) is 0 Å². The first kappa shape index (κ1) is 19.9. The van der Waals surface area contributed by atoms with Gasteiger partial charge in [-0.1, -0.05) is 18.2 Å². The van der Waals surface area contributed by atoms with Crippen LogP contribution in [0.5, 0.6) is 0 Å². The van der Waals surface area contributed by atoms with E-state index < -0.39 is 5.54 Å². The third-order valence-electron chi connectivity index (χ3n) is 6.31. The minimum absolute atomic E-state index is 0.0458. The van der Waals surface area contributed by atoms with Gasteiger partial charge in [-0.3, -0.25) is 14.5 Å². The summed E-state index contributed by atoms with van der Waals surface area (Å²) in [4.78, 5) is 32.9. The average Bonchev–Trinajstić information content (AvgIpc) is 3.29. The van der Waals surface area contributed by atoms with Gasteiger partial charge < -0.3 is 19.9 Å². The summed E-state index contributed by atoms with van der Waals surface area (Å²) < 4.78 is 5.36. The Morgan fingerprint density at radius 2 is 2.03 bits per heavy atom. The summed E-state index contributed by atoms with van der Waals surface area (Å²) in [7, 11) is 0. The number of benzene rings is 1. The number of nitrogens with one attached hydrogen (secondary N) is 2. The van der Waals surface area contributed by atoms with Crippen LogP contribution in [-0.2, 0) is 20.7 Å². The monoisotopic (exact) mass is 398 g/mol. The standard InChI is InChI=1S/C22H30N4O3/c1-22(21(28)23-9-11-25-12-14-29-15-13-25)8-6-20(27)26(22)10-7-17-16-24-19-5-3-2-4-18(17)19/h2-5,16,24H,6-15H2,1H3,(H,23,28)/t22-/m0/s1. The number of nitrogens with zero attached hydrogens (tertiary/aromatic N) is 2. The van der Waals surface area contributed by atoms with E-state index in [1.165, 1.54) is 10.9 Å². The molecule has 29 heavy (non-hydrogen) atoms. The van der Waals surface area contributed by atoms with Crippen molar-refractivity contribution in [1.29, 1.82) is 0 Å². The van der Waals surface area contributed by atoms with Crippen LogP contribution in [0.25, 0.3) is 10.9 Å².